The van der Waals surface area contributed by atoms with Crippen molar-refractivity contribution < 1.29 is 39.1 Å². The van der Waals surface area contributed by atoms with Gasteiger partial charge in [0.15, 0.2) is 9.84 Å². The maximum atomic E-state index is 13.8. The third-order valence-corrected chi connectivity index (χ3v) is 7.63. The van der Waals surface area contributed by atoms with Gasteiger partial charge in [0.25, 0.3) is 5.69 Å². The molecule has 0 N–H and O–H groups in total. The van der Waals surface area contributed by atoms with Crippen LogP contribution in [0.15, 0.2) is 88.7 Å². The van der Waals surface area contributed by atoms with Crippen molar-refractivity contribution in [1.82, 2.24) is 9.97 Å². The summed E-state index contributed by atoms with van der Waals surface area (Å²) in [6.07, 6.45) is -4.16. The molecule has 0 aliphatic heterocycles. The summed E-state index contributed by atoms with van der Waals surface area (Å²) in [6.45, 7) is 0. The lowest BCUT2D eigenvalue weighted by Gasteiger charge is -2.17. The van der Waals surface area contributed by atoms with Gasteiger partial charge in [0.2, 0.25) is 11.7 Å². The van der Waals surface area contributed by atoms with E-state index in [4.69, 9.17) is 4.18 Å². The number of nitrogens with zero attached hydrogens (tertiary/aromatic N) is 3. The maximum absolute atomic E-state index is 13.8. The summed E-state index contributed by atoms with van der Waals surface area (Å²) in [6, 6.07) is 15.9. The molecule has 39 heavy (non-hydrogen) atoms. The second-order valence-corrected chi connectivity index (χ2v) is 11.6. The molecule has 15 heteroatoms. The number of rotatable bonds is 7. The molecular weight excluding hydrogens is 563 g/mol. The molecule has 1 heterocycles. The average Bonchev–Trinajstić information content (AvgIpc) is 2.87. The Balaban J connectivity index is 1.97. The molecule has 0 radical (unpaired) electrons. The zero-order valence-corrected chi connectivity index (χ0v) is 21.3. The van der Waals surface area contributed by atoms with Gasteiger partial charge < -0.3 is 4.18 Å². The fourth-order valence-corrected chi connectivity index (χ4v) is 4.97. The number of hydrogen-bond acceptors (Lipinski definition) is 9. The summed E-state index contributed by atoms with van der Waals surface area (Å²) in [7, 11) is -8.46. The summed E-state index contributed by atoms with van der Waals surface area (Å²) in [4.78, 5) is 16.5. The van der Waals surface area contributed by atoms with Crippen molar-refractivity contribution in [3.63, 3.8) is 0 Å². The van der Waals surface area contributed by atoms with Gasteiger partial charge >= 0.3 is 16.3 Å². The molecule has 3 aromatic carbocycles. The smallest absolute Gasteiger partial charge is 0.357 e. The summed E-state index contributed by atoms with van der Waals surface area (Å²) in [5, 5.41) is 10.9. The van der Waals surface area contributed by atoms with Crippen molar-refractivity contribution in [3.8, 4) is 28.3 Å². The highest BCUT2D eigenvalue weighted by Gasteiger charge is 2.38. The van der Waals surface area contributed by atoms with Crippen LogP contribution in [0.25, 0.3) is 22.4 Å². The molecule has 0 aliphatic carbocycles. The van der Waals surface area contributed by atoms with Crippen molar-refractivity contribution in [2.24, 2.45) is 0 Å². The fraction of sp³-hybridized carbons (Fsp3) is 0.0833. The predicted octanol–water partition coefficient (Wildman–Crippen LogP) is 4.91. The summed E-state index contributed by atoms with van der Waals surface area (Å²) in [5.41, 5.74) is -0.798. The van der Waals surface area contributed by atoms with E-state index in [0.717, 1.165) is 30.5 Å². The Labute approximate surface area is 219 Å². The molecule has 0 bridgehead atoms. The molecule has 0 fully saturated rings. The van der Waals surface area contributed by atoms with Crippen molar-refractivity contribution in [2.45, 2.75) is 16.0 Å². The Morgan fingerprint density at radius 3 is 1.87 bits per heavy atom. The van der Waals surface area contributed by atoms with Gasteiger partial charge in [-0.05, 0) is 29.8 Å². The Morgan fingerprint density at radius 2 is 1.36 bits per heavy atom. The highest BCUT2D eigenvalue weighted by molar-refractivity contribution is 7.90. The molecule has 202 valence electrons. The Hall–Kier alpha value is -4.37. The summed E-state index contributed by atoms with van der Waals surface area (Å²) in [5.74, 6) is -2.66. The number of sulfone groups is 1. The molecule has 4 aromatic rings. The third kappa shape index (κ3) is 6.04. The normalized spacial score (nSPS) is 12.2. The molecule has 0 atom stereocenters. The first-order valence-corrected chi connectivity index (χ1v) is 14.0. The van der Waals surface area contributed by atoms with E-state index < -0.39 is 53.3 Å². The van der Waals surface area contributed by atoms with Crippen LogP contribution in [0.3, 0.4) is 0 Å². The van der Waals surface area contributed by atoms with Gasteiger partial charge in [0, 0.05) is 24.0 Å². The number of hydrogen-bond donors (Lipinski definition) is 0. The highest BCUT2D eigenvalue weighted by Crippen LogP contribution is 2.41. The monoisotopic (exact) mass is 579 g/mol. The minimum atomic E-state index is -5.12. The molecule has 0 aliphatic rings. The van der Waals surface area contributed by atoms with Crippen LogP contribution in [0.5, 0.6) is 5.88 Å². The Kier molecular flexibility index (Phi) is 7.14. The van der Waals surface area contributed by atoms with Gasteiger partial charge in [-0.3, -0.25) is 10.1 Å². The van der Waals surface area contributed by atoms with Gasteiger partial charge in [-0.1, -0.05) is 42.5 Å². The lowest BCUT2D eigenvalue weighted by molar-refractivity contribution is -0.384. The molecule has 0 unspecified atom stereocenters. The third-order valence-electron chi connectivity index (χ3n) is 5.27. The first-order chi connectivity index (χ1) is 18.2. The van der Waals surface area contributed by atoms with Crippen LogP contribution >= 0.6 is 0 Å². The zero-order valence-electron chi connectivity index (χ0n) is 19.7. The van der Waals surface area contributed by atoms with Crippen LogP contribution in [-0.2, 0) is 26.1 Å². The second-order valence-electron chi connectivity index (χ2n) is 8.02. The van der Waals surface area contributed by atoms with E-state index in [1.54, 1.807) is 6.07 Å². The van der Waals surface area contributed by atoms with Crippen LogP contribution in [0.4, 0.5) is 18.9 Å². The maximum Gasteiger partial charge on any atom is 0.451 e. The molecule has 1 aromatic heterocycles. The van der Waals surface area contributed by atoms with Gasteiger partial charge in [-0.2, -0.15) is 26.6 Å². The lowest BCUT2D eigenvalue weighted by atomic mass is 10.00. The first kappa shape index (κ1) is 27.7. The average molecular weight is 580 g/mol. The topological polar surface area (TPSA) is 146 Å². The van der Waals surface area contributed by atoms with Gasteiger partial charge in [0.1, 0.15) is 4.90 Å². The van der Waals surface area contributed by atoms with E-state index in [0.29, 0.717) is 0 Å². The SMILES string of the molecule is CS(=O)(=O)c1ccc(-c2nc(C(F)(F)F)nc(OS(=O)(=O)c3ccc([N+](=O)[O-])cc3)c2-c2ccccc2)cc1. The number of nitro groups is 1. The van der Waals surface area contributed by atoms with Crippen LogP contribution in [0.2, 0.25) is 0 Å². The van der Waals surface area contributed by atoms with Crippen LogP contribution in [-0.4, -0.2) is 38.0 Å². The van der Waals surface area contributed by atoms with E-state index in [-0.39, 0.29) is 27.3 Å². The van der Waals surface area contributed by atoms with E-state index in [1.165, 1.54) is 48.5 Å². The Morgan fingerprint density at radius 1 is 0.795 bits per heavy atom. The van der Waals surface area contributed by atoms with Crippen LogP contribution in [0, 0.1) is 10.1 Å². The van der Waals surface area contributed by atoms with E-state index in [2.05, 4.69) is 9.97 Å². The van der Waals surface area contributed by atoms with E-state index >= 15 is 0 Å². The fourth-order valence-electron chi connectivity index (χ4n) is 3.45. The molecule has 0 saturated heterocycles. The number of halogens is 3. The van der Waals surface area contributed by atoms with Crippen molar-refractivity contribution in [2.75, 3.05) is 6.26 Å². The van der Waals surface area contributed by atoms with Gasteiger partial charge in [-0.15, -0.1) is 0 Å². The van der Waals surface area contributed by atoms with Gasteiger partial charge in [0.05, 0.1) is 21.1 Å². The minimum Gasteiger partial charge on any atom is -0.357 e. The molecule has 0 spiro atoms. The number of nitro benzene ring substituents is 1. The van der Waals surface area contributed by atoms with Gasteiger partial charge in [-0.25, -0.2) is 13.4 Å². The summed E-state index contributed by atoms with van der Waals surface area (Å²) < 4.78 is 96.3. The largest absolute Gasteiger partial charge is 0.451 e. The van der Waals surface area contributed by atoms with Crippen molar-refractivity contribution in [1.29, 1.82) is 0 Å². The molecule has 0 saturated carbocycles. The number of benzene rings is 3. The highest BCUT2D eigenvalue weighted by atomic mass is 32.2. The van der Waals surface area contributed by atoms with E-state index in [1.807, 2.05) is 0 Å². The zero-order chi connectivity index (χ0) is 28.6. The quantitative estimate of drug-likeness (QED) is 0.169. The van der Waals surface area contributed by atoms with Crippen molar-refractivity contribution >= 4 is 25.6 Å². The first-order valence-electron chi connectivity index (χ1n) is 10.7. The molecule has 0 amide bonds. The molecule has 4 rings (SSSR count). The minimum absolute atomic E-state index is 0.0201. The Bertz CT molecular complexity index is 1760. The van der Waals surface area contributed by atoms with E-state index in [9.17, 15) is 40.1 Å². The predicted molar refractivity (Wildman–Crippen MR) is 132 cm³/mol. The number of alkyl halides is 3. The molecule has 10 nitrogen and oxygen atoms in total. The van der Waals surface area contributed by atoms with Crippen LogP contribution < -0.4 is 4.18 Å². The van der Waals surface area contributed by atoms with Crippen LogP contribution in [0.1, 0.15) is 5.82 Å². The lowest BCUT2D eigenvalue weighted by Crippen LogP contribution is -2.17. The summed E-state index contributed by atoms with van der Waals surface area (Å²) >= 11 is 0. The number of aromatic nitrogens is 2. The second kappa shape index (κ2) is 10.1. The number of non-ortho nitro benzene ring substituents is 1. The molecular formula is C24H16F3N3O7S2. The standard InChI is InChI=1S/C24H16F3N3O7S2/c1-38(33,34)18-11-7-16(8-12-18)21-20(15-5-3-2-4-6-15)22(29-23(28-21)24(25,26)27)37-39(35,36)19-13-9-17(10-14-19)30(31)32/h2-14H,1H3. The van der Waals surface area contributed by atoms with Crippen molar-refractivity contribution in [3.05, 3.63) is 94.8 Å².